The van der Waals surface area contributed by atoms with Crippen LogP contribution in [0.2, 0.25) is 0 Å². The molecular weight excluding hydrogens is 266 g/mol. The molecule has 21 heavy (non-hydrogen) atoms. The molecule has 2 heterocycles. The standard InChI is InChI=1S/C16H23N3O2/c1-11(2)8-16-18-12-9-14-15(21-7-6-20-14)10-13(12)19(16)5-3-4-17/h9-11H,3-8,17H2,1-2H3. The van der Waals surface area contributed by atoms with Crippen LogP contribution in [0.1, 0.15) is 26.1 Å². The summed E-state index contributed by atoms with van der Waals surface area (Å²) in [5.74, 6) is 3.31. The molecule has 5 nitrogen and oxygen atoms in total. The summed E-state index contributed by atoms with van der Waals surface area (Å²) in [5, 5.41) is 0. The predicted molar refractivity (Wildman–Crippen MR) is 82.9 cm³/mol. The van der Waals surface area contributed by atoms with Gasteiger partial charge in [0.1, 0.15) is 19.0 Å². The van der Waals surface area contributed by atoms with Crippen LogP contribution < -0.4 is 15.2 Å². The third-order valence-corrected chi connectivity index (χ3v) is 3.67. The third kappa shape index (κ3) is 2.83. The number of aromatic nitrogens is 2. The number of imidazole rings is 1. The topological polar surface area (TPSA) is 62.3 Å². The van der Waals surface area contributed by atoms with Crippen molar-refractivity contribution in [1.82, 2.24) is 9.55 Å². The van der Waals surface area contributed by atoms with E-state index in [1.54, 1.807) is 0 Å². The molecule has 0 saturated heterocycles. The molecule has 0 saturated carbocycles. The maximum Gasteiger partial charge on any atom is 0.163 e. The molecule has 1 aliphatic rings. The molecular formula is C16H23N3O2. The molecule has 0 fully saturated rings. The highest BCUT2D eigenvalue weighted by molar-refractivity contribution is 5.80. The van der Waals surface area contributed by atoms with Crippen molar-refractivity contribution in [3.05, 3.63) is 18.0 Å². The average molecular weight is 289 g/mol. The largest absolute Gasteiger partial charge is 0.486 e. The van der Waals surface area contributed by atoms with Gasteiger partial charge in [-0.3, -0.25) is 0 Å². The minimum Gasteiger partial charge on any atom is -0.486 e. The van der Waals surface area contributed by atoms with Crippen LogP contribution in [-0.2, 0) is 13.0 Å². The van der Waals surface area contributed by atoms with Crippen LogP contribution in [0.15, 0.2) is 12.1 Å². The van der Waals surface area contributed by atoms with Crippen LogP contribution in [-0.4, -0.2) is 29.3 Å². The monoisotopic (exact) mass is 289 g/mol. The Labute approximate surface area is 125 Å². The minimum atomic E-state index is 0.570. The Hall–Kier alpha value is -1.75. The van der Waals surface area contributed by atoms with Gasteiger partial charge in [-0.05, 0) is 18.9 Å². The highest BCUT2D eigenvalue weighted by Crippen LogP contribution is 2.35. The van der Waals surface area contributed by atoms with E-state index in [0.717, 1.165) is 47.7 Å². The lowest BCUT2D eigenvalue weighted by Gasteiger charge is -2.18. The summed E-state index contributed by atoms with van der Waals surface area (Å²) < 4.78 is 13.6. The number of hydrogen-bond acceptors (Lipinski definition) is 4. The molecule has 2 N–H and O–H groups in total. The number of nitrogens with two attached hydrogens (primary N) is 1. The normalized spacial score (nSPS) is 14.1. The molecule has 114 valence electrons. The second kappa shape index (κ2) is 5.93. The Bertz CT molecular complexity index is 634. The zero-order chi connectivity index (χ0) is 14.8. The van der Waals surface area contributed by atoms with E-state index in [2.05, 4.69) is 24.5 Å². The van der Waals surface area contributed by atoms with Gasteiger partial charge in [-0.25, -0.2) is 4.98 Å². The van der Waals surface area contributed by atoms with Crippen molar-refractivity contribution in [3.8, 4) is 11.5 Å². The summed E-state index contributed by atoms with van der Waals surface area (Å²) >= 11 is 0. The lowest BCUT2D eigenvalue weighted by molar-refractivity contribution is 0.172. The maximum atomic E-state index is 5.69. The molecule has 0 atom stereocenters. The van der Waals surface area contributed by atoms with Crippen LogP contribution in [0, 0.1) is 5.92 Å². The maximum absolute atomic E-state index is 5.69. The van der Waals surface area contributed by atoms with Gasteiger partial charge in [-0.2, -0.15) is 0 Å². The number of nitrogens with zero attached hydrogens (tertiary/aromatic N) is 2. The van der Waals surface area contributed by atoms with Crippen molar-refractivity contribution >= 4 is 11.0 Å². The molecule has 0 aliphatic carbocycles. The third-order valence-electron chi connectivity index (χ3n) is 3.67. The second-order valence-electron chi connectivity index (χ2n) is 5.90. The SMILES string of the molecule is CC(C)Cc1nc2cc3c(cc2n1CCCN)OCCO3. The van der Waals surface area contributed by atoms with Gasteiger partial charge >= 0.3 is 0 Å². The van der Waals surface area contributed by atoms with Gasteiger partial charge in [-0.1, -0.05) is 13.8 Å². The van der Waals surface area contributed by atoms with Crippen LogP contribution in [0.4, 0.5) is 0 Å². The van der Waals surface area contributed by atoms with E-state index >= 15 is 0 Å². The molecule has 0 radical (unpaired) electrons. The molecule has 2 aromatic rings. The van der Waals surface area contributed by atoms with Gasteiger partial charge in [0.15, 0.2) is 11.5 Å². The van der Waals surface area contributed by atoms with Gasteiger partial charge in [0, 0.05) is 25.1 Å². The molecule has 5 heteroatoms. The van der Waals surface area contributed by atoms with E-state index in [1.807, 2.05) is 6.07 Å². The fourth-order valence-corrected chi connectivity index (χ4v) is 2.73. The Morgan fingerprint density at radius 1 is 1.24 bits per heavy atom. The lowest BCUT2D eigenvalue weighted by Crippen LogP contribution is -2.15. The van der Waals surface area contributed by atoms with Gasteiger partial charge < -0.3 is 19.8 Å². The Kier molecular flexibility index (Phi) is 4.01. The van der Waals surface area contributed by atoms with Crippen molar-refractivity contribution in [2.24, 2.45) is 11.7 Å². The number of ether oxygens (including phenoxy) is 2. The first-order chi connectivity index (χ1) is 10.2. The van der Waals surface area contributed by atoms with Crippen LogP contribution in [0.5, 0.6) is 11.5 Å². The summed E-state index contributed by atoms with van der Waals surface area (Å²) in [4.78, 5) is 4.80. The van der Waals surface area contributed by atoms with Crippen LogP contribution in [0.3, 0.4) is 0 Å². The summed E-state index contributed by atoms with van der Waals surface area (Å²) in [6.07, 6.45) is 1.91. The summed E-state index contributed by atoms with van der Waals surface area (Å²) in [6.45, 7) is 7.22. The van der Waals surface area contributed by atoms with Gasteiger partial charge in [-0.15, -0.1) is 0 Å². The van der Waals surface area contributed by atoms with Crippen molar-refractivity contribution in [2.75, 3.05) is 19.8 Å². The molecule has 0 unspecified atom stereocenters. The number of fused-ring (bicyclic) bond motifs is 2. The fraction of sp³-hybridized carbons (Fsp3) is 0.562. The minimum absolute atomic E-state index is 0.570. The highest BCUT2D eigenvalue weighted by Gasteiger charge is 2.18. The zero-order valence-electron chi connectivity index (χ0n) is 12.8. The van der Waals surface area contributed by atoms with E-state index in [0.29, 0.717) is 25.7 Å². The first-order valence-corrected chi connectivity index (χ1v) is 7.68. The van der Waals surface area contributed by atoms with E-state index < -0.39 is 0 Å². The summed E-state index contributed by atoms with van der Waals surface area (Å²) in [7, 11) is 0. The predicted octanol–water partition coefficient (Wildman–Crippen LogP) is 2.35. The Balaban J connectivity index is 2.07. The van der Waals surface area contributed by atoms with E-state index in [-0.39, 0.29) is 0 Å². The first kappa shape index (κ1) is 14.2. The van der Waals surface area contributed by atoms with Crippen LogP contribution in [0.25, 0.3) is 11.0 Å². The van der Waals surface area contributed by atoms with E-state index in [1.165, 1.54) is 0 Å². The quantitative estimate of drug-likeness (QED) is 0.918. The lowest BCUT2D eigenvalue weighted by atomic mass is 10.1. The molecule has 3 rings (SSSR count). The molecule has 1 aromatic carbocycles. The number of benzene rings is 1. The number of rotatable bonds is 5. The van der Waals surface area contributed by atoms with Gasteiger partial charge in [0.05, 0.1) is 11.0 Å². The fourth-order valence-electron chi connectivity index (χ4n) is 2.73. The Morgan fingerprint density at radius 3 is 2.62 bits per heavy atom. The van der Waals surface area contributed by atoms with Crippen molar-refractivity contribution < 1.29 is 9.47 Å². The molecule has 0 bridgehead atoms. The number of aryl methyl sites for hydroxylation is 1. The zero-order valence-corrected chi connectivity index (χ0v) is 12.8. The molecule has 1 aliphatic heterocycles. The van der Waals surface area contributed by atoms with E-state index in [4.69, 9.17) is 20.2 Å². The molecule has 0 amide bonds. The Morgan fingerprint density at radius 2 is 1.95 bits per heavy atom. The molecule has 1 aromatic heterocycles. The van der Waals surface area contributed by atoms with Crippen molar-refractivity contribution in [3.63, 3.8) is 0 Å². The van der Waals surface area contributed by atoms with Crippen LogP contribution >= 0.6 is 0 Å². The second-order valence-corrected chi connectivity index (χ2v) is 5.90. The highest BCUT2D eigenvalue weighted by atomic mass is 16.6. The summed E-state index contributed by atoms with van der Waals surface area (Å²) in [6, 6.07) is 4.05. The molecule has 0 spiro atoms. The first-order valence-electron chi connectivity index (χ1n) is 7.68. The van der Waals surface area contributed by atoms with Gasteiger partial charge in [0.25, 0.3) is 0 Å². The van der Waals surface area contributed by atoms with Crippen molar-refractivity contribution in [2.45, 2.75) is 33.2 Å². The van der Waals surface area contributed by atoms with E-state index in [9.17, 15) is 0 Å². The van der Waals surface area contributed by atoms with Gasteiger partial charge in [0.2, 0.25) is 0 Å². The average Bonchev–Trinajstić information content (AvgIpc) is 2.78. The summed E-state index contributed by atoms with van der Waals surface area (Å²) in [5.41, 5.74) is 7.77. The smallest absolute Gasteiger partial charge is 0.163 e. The van der Waals surface area contributed by atoms with Crippen molar-refractivity contribution in [1.29, 1.82) is 0 Å². The number of hydrogen-bond donors (Lipinski definition) is 1.